The number of hydrogen-bond acceptors (Lipinski definition) is 7. The molecule has 1 spiro atoms. The van der Waals surface area contributed by atoms with Crippen LogP contribution in [0.25, 0.3) is 0 Å². The van der Waals surface area contributed by atoms with Gasteiger partial charge in [0.25, 0.3) is 0 Å². The van der Waals surface area contributed by atoms with Crippen molar-refractivity contribution in [2.24, 2.45) is 11.3 Å². The summed E-state index contributed by atoms with van der Waals surface area (Å²) < 4.78 is 12.2. The Morgan fingerprint density at radius 3 is 2.39 bits per heavy atom. The van der Waals surface area contributed by atoms with Crippen molar-refractivity contribution < 1.29 is 19.1 Å². The van der Waals surface area contributed by atoms with Gasteiger partial charge in [-0.1, -0.05) is 19.1 Å². The summed E-state index contributed by atoms with van der Waals surface area (Å²) in [5.41, 5.74) is -0.366. The molecule has 1 amide bonds. The molecule has 0 aliphatic carbocycles. The lowest BCUT2D eigenvalue weighted by molar-refractivity contribution is -0.149. The SMILES string of the molecule is CCOC(=O)C(C(C)C)n1cc(N2CC3(CN(C(=O)OC(C)(C)C)C3)C2)nn1. The summed E-state index contributed by atoms with van der Waals surface area (Å²) in [6.45, 7) is 14.7. The molecule has 28 heavy (non-hydrogen) atoms. The zero-order chi connectivity index (χ0) is 20.7. The molecule has 2 aliphatic heterocycles. The molecule has 1 atom stereocenters. The number of ether oxygens (including phenoxy) is 2. The van der Waals surface area contributed by atoms with Crippen LogP contribution >= 0.6 is 0 Å². The van der Waals surface area contributed by atoms with Crippen LogP contribution in [0, 0.1) is 11.3 Å². The Morgan fingerprint density at radius 2 is 1.86 bits per heavy atom. The minimum absolute atomic E-state index is 0.0466. The predicted octanol–water partition coefficient (Wildman–Crippen LogP) is 2.10. The normalized spacial score (nSPS) is 19.2. The smallest absolute Gasteiger partial charge is 0.410 e. The molecular weight excluding hydrogens is 362 g/mol. The molecule has 2 aliphatic rings. The van der Waals surface area contributed by atoms with Gasteiger partial charge in [-0.3, -0.25) is 0 Å². The lowest BCUT2D eigenvalue weighted by Crippen LogP contribution is -2.73. The number of carbonyl (C=O) groups is 2. The summed E-state index contributed by atoms with van der Waals surface area (Å²) in [7, 11) is 0. The van der Waals surface area contributed by atoms with Gasteiger partial charge in [0.15, 0.2) is 11.9 Å². The topological polar surface area (TPSA) is 89.8 Å². The molecular formula is C19H31N5O4. The van der Waals surface area contributed by atoms with Crippen molar-refractivity contribution >= 4 is 17.9 Å². The van der Waals surface area contributed by atoms with Crippen LogP contribution in [0.4, 0.5) is 10.6 Å². The van der Waals surface area contributed by atoms with Crippen molar-refractivity contribution in [3.05, 3.63) is 6.20 Å². The van der Waals surface area contributed by atoms with E-state index in [4.69, 9.17) is 9.47 Å². The van der Waals surface area contributed by atoms with Crippen molar-refractivity contribution in [3.8, 4) is 0 Å². The second kappa shape index (κ2) is 7.25. The number of nitrogens with zero attached hydrogens (tertiary/aromatic N) is 5. The van der Waals surface area contributed by atoms with E-state index in [-0.39, 0.29) is 23.4 Å². The maximum atomic E-state index is 12.2. The van der Waals surface area contributed by atoms with E-state index in [0.29, 0.717) is 19.7 Å². The average molecular weight is 393 g/mol. The fourth-order valence-corrected chi connectivity index (χ4v) is 3.81. The molecule has 1 aromatic rings. The molecule has 0 saturated carbocycles. The molecule has 0 radical (unpaired) electrons. The number of likely N-dealkylation sites (tertiary alicyclic amines) is 1. The van der Waals surface area contributed by atoms with Gasteiger partial charge in [0.2, 0.25) is 0 Å². The number of rotatable bonds is 5. The summed E-state index contributed by atoms with van der Waals surface area (Å²) in [5, 5.41) is 8.40. The van der Waals surface area contributed by atoms with E-state index in [1.54, 1.807) is 22.7 Å². The highest BCUT2D eigenvalue weighted by Gasteiger charge is 2.54. The van der Waals surface area contributed by atoms with Crippen LogP contribution in [0.15, 0.2) is 6.20 Å². The largest absolute Gasteiger partial charge is 0.464 e. The number of aromatic nitrogens is 3. The van der Waals surface area contributed by atoms with E-state index < -0.39 is 11.6 Å². The Kier molecular flexibility index (Phi) is 5.29. The van der Waals surface area contributed by atoms with Gasteiger partial charge in [-0.25, -0.2) is 14.3 Å². The monoisotopic (exact) mass is 393 g/mol. The van der Waals surface area contributed by atoms with Crippen molar-refractivity contribution in [2.75, 3.05) is 37.7 Å². The number of esters is 1. The standard InChI is InChI=1S/C19H31N5O4/c1-7-27-16(25)15(13(2)3)24-8-14(20-21-24)22-9-19(10-22)11-23(12-19)17(26)28-18(4,5)6/h8,13,15H,7,9-12H2,1-6H3. The lowest BCUT2D eigenvalue weighted by atomic mass is 9.73. The first kappa shape index (κ1) is 20.4. The van der Waals surface area contributed by atoms with E-state index in [1.165, 1.54) is 0 Å². The van der Waals surface area contributed by atoms with E-state index in [9.17, 15) is 9.59 Å². The highest BCUT2D eigenvalue weighted by atomic mass is 16.6. The summed E-state index contributed by atoms with van der Waals surface area (Å²) in [6.07, 6.45) is 1.55. The molecule has 2 saturated heterocycles. The van der Waals surface area contributed by atoms with Crippen molar-refractivity contribution in [2.45, 2.75) is 53.2 Å². The molecule has 0 N–H and O–H groups in total. The Morgan fingerprint density at radius 1 is 1.21 bits per heavy atom. The zero-order valence-corrected chi connectivity index (χ0v) is 17.6. The van der Waals surface area contributed by atoms with Crippen LogP contribution in [0.5, 0.6) is 0 Å². The molecule has 0 bridgehead atoms. The lowest BCUT2D eigenvalue weighted by Gasteiger charge is -2.59. The average Bonchev–Trinajstić information content (AvgIpc) is 2.91. The Balaban J connectivity index is 1.55. The molecule has 9 heteroatoms. The van der Waals surface area contributed by atoms with Crippen LogP contribution in [0.1, 0.15) is 47.6 Å². The van der Waals surface area contributed by atoms with Gasteiger partial charge in [0, 0.05) is 31.6 Å². The molecule has 2 fully saturated rings. The fraction of sp³-hybridized carbons (Fsp3) is 0.789. The minimum Gasteiger partial charge on any atom is -0.464 e. The second-order valence-electron chi connectivity index (χ2n) is 9.19. The Labute approximate surface area is 165 Å². The molecule has 1 aromatic heterocycles. The van der Waals surface area contributed by atoms with Crippen molar-refractivity contribution in [1.29, 1.82) is 0 Å². The Bertz CT molecular complexity index is 725. The summed E-state index contributed by atoms with van der Waals surface area (Å²) >= 11 is 0. The zero-order valence-electron chi connectivity index (χ0n) is 17.6. The van der Waals surface area contributed by atoms with Gasteiger partial charge in [-0.2, -0.15) is 0 Å². The first-order valence-corrected chi connectivity index (χ1v) is 9.85. The number of carbonyl (C=O) groups excluding carboxylic acids is 2. The van der Waals surface area contributed by atoms with Crippen LogP contribution in [0.3, 0.4) is 0 Å². The summed E-state index contributed by atoms with van der Waals surface area (Å²) in [6, 6.07) is -0.484. The van der Waals surface area contributed by atoms with Crippen LogP contribution in [-0.4, -0.2) is 70.3 Å². The first-order chi connectivity index (χ1) is 13.0. The third-order valence-corrected chi connectivity index (χ3v) is 5.02. The summed E-state index contributed by atoms with van der Waals surface area (Å²) in [4.78, 5) is 28.2. The van der Waals surface area contributed by atoms with E-state index in [0.717, 1.165) is 18.9 Å². The second-order valence-corrected chi connectivity index (χ2v) is 9.19. The predicted molar refractivity (Wildman–Crippen MR) is 103 cm³/mol. The fourth-order valence-electron chi connectivity index (χ4n) is 3.81. The molecule has 3 heterocycles. The van der Waals surface area contributed by atoms with E-state index in [1.807, 2.05) is 34.6 Å². The maximum absolute atomic E-state index is 12.2. The van der Waals surface area contributed by atoms with Gasteiger partial charge < -0.3 is 19.3 Å². The molecule has 1 unspecified atom stereocenters. The molecule has 156 valence electrons. The number of hydrogen-bond donors (Lipinski definition) is 0. The van der Waals surface area contributed by atoms with Crippen molar-refractivity contribution in [3.63, 3.8) is 0 Å². The highest BCUT2D eigenvalue weighted by Crippen LogP contribution is 2.42. The summed E-state index contributed by atoms with van der Waals surface area (Å²) in [5.74, 6) is 0.502. The third kappa shape index (κ3) is 4.07. The molecule has 9 nitrogen and oxygen atoms in total. The van der Waals surface area contributed by atoms with E-state index >= 15 is 0 Å². The minimum atomic E-state index is -0.484. The first-order valence-electron chi connectivity index (χ1n) is 9.85. The van der Waals surface area contributed by atoms with Crippen LogP contribution < -0.4 is 4.90 Å². The van der Waals surface area contributed by atoms with Gasteiger partial charge in [-0.15, -0.1) is 5.10 Å². The molecule has 3 rings (SSSR count). The van der Waals surface area contributed by atoms with Crippen molar-refractivity contribution in [1.82, 2.24) is 19.9 Å². The van der Waals surface area contributed by atoms with Crippen LogP contribution in [-0.2, 0) is 14.3 Å². The Hall–Kier alpha value is -2.32. The van der Waals surface area contributed by atoms with Gasteiger partial charge in [-0.05, 0) is 33.6 Å². The van der Waals surface area contributed by atoms with Gasteiger partial charge in [0.1, 0.15) is 5.60 Å². The molecule has 0 aromatic carbocycles. The van der Waals surface area contributed by atoms with Gasteiger partial charge >= 0.3 is 12.1 Å². The number of amides is 1. The van der Waals surface area contributed by atoms with E-state index in [2.05, 4.69) is 15.2 Å². The maximum Gasteiger partial charge on any atom is 0.410 e. The third-order valence-electron chi connectivity index (χ3n) is 5.02. The van der Waals surface area contributed by atoms with Gasteiger partial charge in [0.05, 0.1) is 12.8 Å². The highest BCUT2D eigenvalue weighted by molar-refractivity contribution is 5.74. The number of anilines is 1. The van der Waals surface area contributed by atoms with Crippen LogP contribution in [0.2, 0.25) is 0 Å². The quantitative estimate of drug-likeness (QED) is 0.708.